The lowest BCUT2D eigenvalue weighted by Crippen LogP contribution is -2.36. The molecule has 0 saturated heterocycles. The van der Waals surface area contributed by atoms with Gasteiger partial charge in [-0.05, 0) is 54.2 Å². The SMILES string of the molecule is CS(=O)NCc1ccc2c(c1)C(=O)N(CC(=O)O[C@@H](Cc1c(Cl)c[n+](O)cc1Cl)c1ccc(OC(F)F)c(OCC3CC3)c1)C2=O. The second kappa shape index (κ2) is 14.3. The van der Waals surface area contributed by atoms with Crippen molar-refractivity contribution < 1.29 is 51.5 Å². The minimum atomic E-state index is -3.11. The van der Waals surface area contributed by atoms with Crippen molar-refractivity contribution in [2.75, 3.05) is 19.4 Å². The zero-order chi connectivity index (χ0) is 33.1. The Bertz CT molecular complexity index is 1690. The van der Waals surface area contributed by atoms with E-state index in [4.69, 9.17) is 32.7 Å². The number of fused-ring (bicyclic) bond motifs is 1. The van der Waals surface area contributed by atoms with Gasteiger partial charge in [0.2, 0.25) is 12.4 Å². The van der Waals surface area contributed by atoms with Gasteiger partial charge in [-0.3, -0.25) is 24.5 Å². The largest absolute Gasteiger partial charge is 0.489 e. The topological polar surface area (TPSA) is 135 Å². The van der Waals surface area contributed by atoms with Crippen LogP contribution in [0, 0.1) is 5.92 Å². The highest BCUT2D eigenvalue weighted by atomic mass is 35.5. The summed E-state index contributed by atoms with van der Waals surface area (Å²) in [6.07, 6.45) is 4.38. The van der Waals surface area contributed by atoms with E-state index in [1.54, 1.807) is 6.07 Å². The number of carbonyl (C=O) groups excluding carboxylic acids is 3. The smallest absolute Gasteiger partial charge is 0.387 e. The summed E-state index contributed by atoms with van der Waals surface area (Å²) in [5.41, 5.74) is 1.38. The molecule has 0 radical (unpaired) electrons. The molecule has 46 heavy (non-hydrogen) atoms. The summed E-state index contributed by atoms with van der Waals surface area (Å²) in [5.74, 6) is -2.30. The van der Waals surface area contributed by atoms with Crippen LogP contribution in [0.3, 0.4) is 0 Å². The fourth-order valence-electron chi connectivity index (χ4n) is 4.77. The quantitative estimate of drug-likeness (QED) is 0.109. The fraction of sp³-hybridized carbons (Fsp3) is 0.333. The molecule has 11 nitrogen and oxygen atoms in total. The number of hydrogen-bond acceptors (Lipinski definition) is 8. The maximum Gasteiger partial charge on any atom is 0.387 e. The van der Waals surface area contributed by atoms with Crippen LogP contribution in [-0.2, 0) is 33.5 Å². The standard InChI is InChI=1S/C30H28Cl2F2N3O8S/c1-46(42)35-11-17-4-6-19-20(8-17)29(40)37(28(19)39)14-27(38)44-25(10-21-22(31)12-36(41)13-23(21)32)18-5-7-24(45-30(33)34)26(9-18)43-15-16-2-3-16/h4-9,12-13,16,25,30,35,41H,2-3,10-11,14-15H2,1H3/q+1/t25-,46?/m0/s1. The van der Waals surface area contributed by atoms with E-state index in [1.807, 2.05) is 0 Å². The van der Waals surface area contributed by atoms with Crippen LogP contribution in [0.4, 0.5) is 8.78 Å². The van der Waals surface area contributed by atoms with Crippen LogP contribution in [0.2, 0.25) is 10.0 Å². The first-order valence-electron chi connectivity index (χ1n) is 13.9. The monoisotopic (exact) mass is 698 g/mol. The van der Waals surface area contributed by atoms with E-state index in [0.717, 1.165) is 17.7 Å². The van der Waals surface area contributed by atoms with Crippen LogP contribution in [0.1, 0.15) is 56.4 Å². The number of carbonyl (C=O) groups is 3. The van der Waals surface area contributed by atoms with Crippen LogP contribution < -0.4 is 18.9 Å². The maximum absolute atomic E-state index is 13.3. The number of imide groups is 1. The van der Waals surface area contributed by atoms with Crippen LogP contribution >= 0.6 is 23.2 Å². The van der Waals surface area contributed by atoms with Crippen molar-refractivity contribution in [2.24, 2.45) is 5.92 Å². The summed E-state index contributed by atoms with van der Waals surface area (Å²) in [4.78, 5) is 40.3. The average Bonchev–Trinajstić information content (AvgIpc) is 3.79. The third kappa shape index (κ3) is 8.10. The average molecular weight is 700 g/mol. The van der Waals surface area contributed by atoms with Crippen molar-refractivity contribution in [3.8, 4) is 11.5 Å². The molecule has 1 aromatic heterocycles. The number of esters is 1. The predicted molar refractivity (Wildman–Crippen MR) is 160 cm³/mol. The van der Waals surface area contributed by atoms with Gasteiger partial charge in [0, 0.05) is 29.5 Å². The van der Waals surface area contributed by atoms with E-state index in [1.165, 1.54) is 49.0 Å². The Morgan fingerprint density at radius 2 is 1.78 bits per heavy atom. The number of halogens is 4. The highest BCUT2D eigenvalue weighted by molar-refractivity contribution is 7.82. The fourth-order valence-corrected chi connectivity index (χ4v) is 5.75. The van der Waals surface area contributed by atoms with Gasteiger partial charge in [0.1, 0.15) is 22.7 Å². The molecule has 2 amide bonds. The number of amides is 2. The normalized spacial score (nSPS) is 15.6. The number of nitrogens with zero attached hydrogens (tertiary/aromatic N) is 2. The molecule has 1 aliphatic carbocycles. The molecule has 2 atom stereocenters. The Morgan fingerprint density at radius 3 is 2.43 bits per heavy atom. The van der Waals surface area contributed by atoms with E-state index in [-0.39, 0.29) is 63.7 Å². The van der Waals surface area contributed by atoms with Crippen LogP contribution in [0.5, 0.6) is 11.5 Å². The third-order valence-corrected chi connectivity index (χ3v) is 8.46. The Morgan fingerprint density at radius 1 is 1.09 bits per heavy atom. The highest BCUT2D eigenvalue weighted by Crippen LogP contribution is 2.38. The first-order valence-corrected chi connectivity index (χ1v) is 16.3. The highest BCUT2D eigenvalue weighted by Gasteiger charge is 2.38. The van der Waals surface area contributed by atoms with E-state index in [0.29, 0.717) is 15.9 Å². The lowest BCUT2D eigenvalue weighted by molar-refractivity contribution is -0.904. The minimum absolute atomic E-state index is 0.00162. The van der Waals surface area contributed by atoms with Gasteiger partial charge >= 0.3 is 12.6 Å². The molecule has 2 heterocycles. The zero-order valence-electron chi connectivity index (χ0n) is 24.2. The van der Waals surface area contributed by atoms with Gasteiger partial charge in [-0.1, -0.05) is 35.3 Å². The lowest BCUT2D eigenvalue weighted by Gasteiger charge is -2.22. The summed E-state index contributed by atoms with van der Waals surface area (Å²) < 4.78 is 57.2. The van der Waals surface area contributed by atoms with Crippen molar-refractivity contribution in [3.05, 3.63) is 86.7 Å². The number of nitrogens with one attached hydrogen (secondary N) is 1. The maximum atomic E-state index is 13.3. The molecule has 1 aliphatic heterocycles. The second-order valence-corrected chi connectivity index (χ2v) is 12.7. The summed E-state index contributed by atoms with van der Waals surface area (Å²) in [6, 6.07) is 8.61. The molecule has 1 unspecified atom stereocenters. The Hall–Kier alpha value is -3.85. The van der Waals surface area contributed by atoms with Gasteiger partial charge in [-0.15, -0.1) is 0 Å². The Labute approximate surface area is 274 Å². The van der Waals surface area contributed by atoms with E-state index in [2.05, 4.69) is 9.46 Å². The van der Waals surface area contributed by atoms with Crippen LogP contribution in [-0.4, -0.2) is 58.1 Å². The van der Waals surface area contributed by atoms with Gasteiger partial charge in [-0.2, -0.15) is 8.78 Å². The number of pyridine rings is 1. The van der Waals surface area contributed by atoms with Gasteiger partial charge in [0.25, 0.3) is 11.8 Å². The molecule has 0 bridgehead atoms. The molecule has 2 N–H and O–H groups in total. The van der Waals surface area contributed by atoms with E-state index in [9.17, 15) is 32.6 Å². The molecule has 2 aliphatic rings. The van der Waals surface area contributed by atoms with E-state index < -0.39 is 48.0 Å². The van der Waals surface area contributed by atoms with Crippen molar-refractivity contribution in [1.29, 1.82) is 0 Å². The number of benzene rings is 2. The predicted octanol–water partition coefficient (Wildman–Crippen LogP) is 4.41. The molecule has 0 spiro atoms. The molecule has 1 saturated carbocycles. The zero-order valence-corrected chi connectivity index (χ0v) is 26.5. The summed E-state index contributed by atoms with van der Waals surface area (Å²) in [7, 11) is -1.29. The lowest BCUT2D eigenvalue weighted by atomic mass is 10.0. The van der Waals surface area contributed by atoms with Crippen LogP contribution in [0.25, 0.3) is 0 Å². The minimum Gasteiger partial charge on any atom is -0.489 e. The first-order chi connectivity index (χ1) is 21.9. The molecule has 5 rings (SSSR count). The van der Waals surface area contributed by atoms with E-state index >= 15 is 0 Å². The van der Waals surface area contributed by atoms with Crippen molar-refractivity contribution in [3.63, 3.8) is 0 Å². The first kappa shape index (κ1) is 33.5. The molecule has 16 heteroatoms. The van der Waals surface area contributed by atoms with Crippen molar-refractivity contribution in [1.82, 2.24) is 9.62 Å². The van der Waals surface area contributed by atoms with Crippen molar-refractivity contribution >= 4 is 52.0 Å². The second-order valence-electron chi connectivity index (χ2n) is 10.7. The number of aromatic nitrogens is 1. The van der Waals surface area contributed by atoms with Gasteiger partial charge < -0.3 is 14.2 Å². The number of ether oxygens (including phenoxy) is 3. The molecule has 3 aromatic rings. The van der Waals surface area contributed by atoms with Crippen LogP contribution in [0.15, 0.2) is 48.8 Å². The summed E-state index contributed by atoms with van der Waals surface area (Å²) in [5, 5.41) is 9.88. The van der Waals surface area contributed by atoms with Gasteiger partial charge in [0.15, 0.2) is 11.5 Å². The Balaban J connectivity index is 1.40. The Kier molecular flexibility index (Phi) is 10.4. The molecular formula is C30H28Cl2F2N3O8S+. The summed E-state index contributed by atoms with van der Waals surface area (Å²) in [6.45, 7) is -3.39. The number of rotatable bonds is 14. The third-order valence-electron chi connectivity index (χ3n) is 7.26. The number of hydrogen-bond donors (Lipinski definition) is 2. The molecule has 244 valence electrons. The molecule has 2 aromatic carbocycles. The summed E-state index contributed by atoms with van der Waals surface area (Å²) >= 11 is 12.7. The number of alkyl halides is 2. The van der Waals surface area contributed by atoms with Crippen molar-refractivity contribution in [2.45, 2.75) is 38.5 Å². The van der Waals surface area contributed by atoms with Gasteiger partial charge in [-0.25, -0.2) is 8.93 Å². The molecular weight excluding hydrogens is 671 g/mol. The molecule has 1 fully saturated rings. The van der Waals surface area contributed by atoms with Gasteiger partial charge in [0.05, 0.1) is 28.7 Å².